The molecule has 0 aliphatic heterocycles. The van der Waals surface area contributed by atoms with E-state index in [4.69, 9.17) is 0 Å². The third kappa shape index (κ3) is 5.60. The number of allylic oxidation sites excluding steroid dienone is 9. The van der Waals surface area contributed by atoms with Gasteiger partial charge in [-0.05, 0) is 54.2 Å². The van der Waals surface area contributed by atoms with Gasteiger partial charge in [0.15, 0.2) is 0 Å². The molecule has 23 heavy (non-hydrogen) atoms. The van der Waals surface area contributed by atoms with Crippen molar-refractivity contribution in [1.29, 1.82) is 0 Å². The molecular formula is C23H26. The molecule has 0 radical (unpaired) electrons. The van der Waals surface area contributed by atoms with Crippen LogP contribution < -0.4 is 0 Å². The SMILES string of the molecule is C=C(C)C(=C)/C=C\C(=C)/C(C)=C/C(=C)c1ccc(C(=C)C)cc1. The van der Waals surface area contributed by atoms with Gasteiger partial charge in [-0.2, -0.15) is 0 Å². The number of rotatable bonds is 7. The van der Waals surface area contributed by atoms with Gasteiger partial charge in [0.2, 0.25) is 0 Å². The second kappa shape index (κ2) is 8.14. The summed E-state index contributed by atoms with van der Waals surface area (Å²) in [6.07, 6.45) is 5.94. The highest BCUT2D eigenvalue weighted by atomic mass is 14.1. The lowest BCUT2D eigenvalue weighted by atomic mass is 9.99. The Morgan fingerprint density at radius 3 is 1.70 bits per heavy atom. The van der Waals surface area contributed by atoms with Crippen LogP contribution in [0.3, 0.4) is 0 Å². The van der Waals surface area contributed by atoms with Crippen LogP contribution >= 0.6 is 0 Å². The molecular weight excluding hydrogens is 276 g/mol. The Kier molecular flexibility index (Phi) is 6.53. The Hall–Kier alpha value is -2.60. The summed E-state index contributed by atoms with van der Waals surface area (Å²) >= 11 is 0. The maximum atomic E-state index is 4.15. The van der Waals surface area contributed by atoms with E-state index in [1.807, 2.05) is 39.0 Å². The zero-order chi connectivity index (χ0) is 17.6. The highest BCUT2D eigenvalue weighted by molar-refractivity contribution is 5.75. The van der Waals surface area contributed by atoms with Crippen LogP contribution in [-0.2, 0) is 0 Å². The first-order valence-corrected chi connectivity index (χ1v) is 7.58. The van der Waals surface area contributed by atoms with E-state index in [2.05, 4.69) is 57.2 Å². The van der Waals surface area contributed by atoms with Gasteiger partial charge in [0, 0.05) is 0 Å². The van der Waals surface area contributed by atoms with E-state index in [9.17, 15) is 0 Å². The fraction of sp³-hybridized carbons (Fsp3) is 0.130. The van der Waals surface area contributed by atoms with Gasteiger partial charge in [0.1, 0.15) is 0 Å². The van der Waals surface area contributed by atoms with Crippen molar-refractivity contribution in [2.45, 2.75) is 20.8 Å². The molecule has 1 aromatic rings. The van der Waals surface area contributed by atoms with Crippen molar-refractivity contribution < 1.29 is 0 Å². The van der Waals surface area contributed by atoms with Gasteiger partial charge in [-0.15, -0.1) is 0 Å². The molecule has 0 saturated carbocycles. The maximum absolute atomic E-state index is 4.15. The highest BCUT2D eigenvalue weighted by Gasteiger charge is 2.00. The first-order chi connectivity index (χ1) is 10.7. The van der Waals surface area contributed by atoms with Crippen LogP contribution in [0.5, 0.6) is 0 Å². The largest absolute Gasteiger partial charge is 0.0955 e. The molecule has 0 aromatic heterocycles. The van der Waals surface area contributed by atoms with Crippen LogP contribution in [0, 0.1) is 0 Å². The first kappa shape index (κ1) is 18.4. The van der Waals surface area contributed by atoms with Crippen LogP contribution in [0.1, 0.15) is 31.9 Å². The smallest absolute Gasteiger partial charge is 0.0189 e. The Morgan fingerprint density at radius 2 is 1.22 bits per heavy atom. The summed E-state index contributed by atoms with van der Waals surface area (Å²) in [5.74, 6) is 0. The van der Waals surface area contributed by atoms with E-state index in [0.29, 0.717) is 0 Å². The van der Waals surface area contributed by atoms with Crippen molar-refractivity contribution in [2.75, 3.05) is 0 Å². The summed E-state index contributed by atoms with van der Waals surface area (Å²) in [5, 5.41) is 0. The minimum Gasteiger partial charge on any atom is -0.0955 e. The molecule has 0 saturated heterocycles. The average Bonchev–Trinajstić information content (AvgIpc) is 2.51. The van der Waals surface area contributed by atoms with Crippen molar-refractivity contribution in [2.24, 2.45) is 0 Å². The second-order valence-electron chi connectivity index (χ2n) is 5.87. The first-order valence-electron chi connectivity index (χ1n) is 7.58. The van der Waals surface area contributed by atoms with Gasteiger partial charge >= 0.3 is 0 Å². The lowest BCUT2D eigenvalue weighted by molar-refractivity contribution is 1.42. The average molecular weight is 302 g/mol. The van der Waals surface area contributed by atoms with E-state index >= 15 is 0 Å². The number of benzene rings is 1. The fourth-order valence-corrected chi connectivity index (χ4v) is 1.88. The molecule has 1 rings (SSSR count). The van der Waals surface area contributed by atoms with E-state index in [0.717, 1.165) is 44.6 Å². The van der Waals surface area contributed by atoms with E-state index in [1.165, 1.54) is 0 Å². The molecule has 0 nitrogen and oxygen atoms in total. The molecule has 1 aromatic carbocycles. The van der Waals surface area contributed by atoms with Crippen molar-refractivity contribution in [3.8, 4) is 0 Å². The summed E-state index contributed by atoms with van der Waals surface area (Å²) in [5.41, 5.74) is 8.14. The molecule has 0 N–H and O–H groups in total. The van der Waals surface area contributed by atoms with Crippen molar-refractivity contribution >= 4 is 11.1 Å². The normalized spacial score (nSPS) is 11.3. The minimum atomic E-state index is 0.910. The van der Waals surface area contributed by atoms with Crippen LogP contribution in [0.25, 0.3) is 11.1 Å². The maximum Gasteiger partial charge on any atom is -0.0189 e. The summed E-state index contributed by atoms with van der Waals surface area (Å²) in [4.78, 5) is 0. The monoisotopic (exact) mass is 302 g/mol. The van der Waals surface area contributed by atoms with Crippen LogP contribution in [0.2, 0.25) is 0 Å². The van der Waals surface area contributed by atoms with Gasteiger partial charge < -0.3 is 0 Å². The fourth-order valence-electron chi connectivity index (χ4n) is 1.88. The Balaban J connectivity index is 2.86. The molecule has 0 amide bonds. The lowest BCUT2D eigenvalue weighted by Gasteiger charge is -2.06. The van der Waals surface area contributed by atoms with E-state index in [-0.39, 0.29) is 0 Å². The van der Waals surface area contributed by atoms with E-state index < -0.39 is 0 Å². The molecule has 0 heteroatoms. The Labute approximate surface area is 141 Å². The van der Waals surface area contributed by atoms with Crippen LogP contribution in [0.4, 0.5) is 0 Å². The molecule has 0 atom stereocenters. The lowest BCUT2D eigenvalue weighted by Crippen LogP contribution is -1.85. The van der Waals surface area contributed by atoms with E-state index in [1.54, 1.807) is 0 Å². The quantitative estimate of drug-likeness (QED) is 0.479. The standard InChI is InChI=1S/C23H26/c1-16(2)18(5)9-10-19(6)20(7)15-21(8)23-13-11-22(12-14-23)17(3)4/h9-15H,1,3,5-6,8H2,2,4,7H3/b10-9-,20-15+. The highest BCUT2D eigenvalue weighted by Crippen LogP contribution is 2.21. The molecule has 0 spiro atoms. The molecule has 0 fully saturated rings. The van der Waals surface area contributed by atoms with Crippen molar-refractivity contribution in [1.82, 2.24) is 0 Å². The van der Waals surface area contributed by atoms with Crippen molar-refractivity contribution in [3.63, 3.8) is 0 Å². The predicted molar refractivity (Wildman–Crippen MR) is 106 cm³/mol. The van der Waals surface area contributed by atoms with Crippen LogP contribution in [0.15, 0.2) is 97.7 Å². The second-order valence-corrected chi connectivity index (χ2v) is 5.87. The molecule has 0 aliphatic rings. The van der Waals surface area contributed by atoms with Gasteiger partial charge in [0.05, 0.1) is 0 Å². The molecule has 0 bridgehead atoms. The zero-order valence-corrected chi connectivity index (χ0v) is 14.6. The minimum absolute atomic E-state index is 0.910. The van der Waals surface area contributed by atoms with Gasteiger partial charge in [-0.3, -0.25) is 0 Å². The topological polar surface area (TPSA) is 0 Å². The Morgan fingerprint density at radius 1 is 0.739 bits per heavy atom. The summed E-state index contributed by atoms with van der Waals surface area (Å²) < 4.78 is 0. The number of hydrogen-bond donors (Lipinski definition) is 0. The summed E-state index contributed by atoms with van der Waals surface area (Å²) in [6.45, 7) is 26.0. The van der Waals surface area contributed by atoms with Gasteiger partial charge in [-0.25, -0.2) is 0 Å². The predicted octanol–water partition coefficient (Wildman–Crippen LogP) is 6.92. The van der Waals surface area contributed by atoms with Crippen LogP contribution in [-0.4, -0.2) is 0 Å². The summed E-state index contributed by atoms with van der Waals surface area (Å²) in [7, 11) is 0. The summed E-state index contributed by atoms with van der Waals surface area (Å²) in [6, 6.07) is 8.27. The molecule has 0 unspecified atom stereocenters. The van der Waals surface area contributed by atoms with Gasteiger partial charge in [-0.1, -0.05) is 86.5 Å². The van der Waals surface area contributed by atoms with Gasteiger partial charge in [0.25, 0.3) is 0 Å². The zero-order valence-electron chi connectivity index (χ0n) is 14.6. The molecule has 0 heterocycles. The third-order valence-corrected chi connectivity index (χ3v) is 3.68. The molecule has 118 valence electrons. The Bertz CT molecular complexity index is 716. The number of hydrogen-bond acceptors (Lipinski definition) is 0. The molecule has 0 aliphatic carbocycles. The van der Waals surface area contributed by atoms with Crippen molar-refractivity contribution in [3.05, 3.63) is 109 Å². The third-order valence-electron chi connectivity index (χ3n) is 3.68.